The van der Waals surface area contributed by atoms with Crippen molar-refractivity contribution >= 4 is 17.7 Å². The van der Waals surface area contributed by atoms with Crippen LogP contribution in [0.2, 0.25) is 0 Å². The van der Waals surface area contributed by atoms with Crippen LogP contribution >= 0.6 is 11.8 Å². The Kier molecular flexibility index (Phi) is 3.08. The Hall–Kier alpha value is -1.16. The smallest absolute Gasteiger partial charge is 0.336 e. The minimum absolute atomic E-state index is 0.00347. The molecule has 3 nitrogen and oxygen atoms in total. The SMILES string of the molecule is CCc1cc2c(cc1C(=O)O)SC(C)(C)CO2. The molecule has 0 saturated heterocycles. The maximum absolute atomic E-state index is 11.2. The predicted octanol–water partition coefficient (Wildman–Crippen LogP) is 3.21. The van der Waals surface area contributed by atoms with E-state index in [9.17, 15) is 9.90 Å². The quantitative estimate of drug-likeness (QED) is 0.878. The molecule has 0 amide bonds. The lowest BCUT2D eigenvalue weighted by Crippen LogP contribution is -2.28. The van der Waals surface area contributed by atoms with Crippen LogP contribution in [0.25, 0.3) is 0 Å². The Morgan fingerprint density at radius 2 is 2.24 bits per heavy atom. The van der Waals surface area contributed by atoms with Crippen LogP contribution in [0.1, 0.15) is 36.7 Å². The van der Waals surface area contributed by atoms with Crippen LogP contribution in [-0.4, -0.2) is 22.4 Å². The number of rotatable bonds is 2. The van der Waals surface area contributed by atoms with Gasteiger partial charge in [0.15, 0.2) is 0 Å². The monoisotopic (exact) mass is 252 g/mol. The van der Waals surface area contributed by atoms with E-state index in [0.717, 1.165) is 16.2 Å². The summed E-state index contributed by atoms with van der Waals surface area (Å²) in [4.78, 5) is 12.1. The molecule has 2 rings (SSSR count). The molecule has 17 heavy (non-hydrogen) atoms. The molecule has 1 heterocycles. The fourth-order valence-electron chi connectivity index (χ4n) is 1.86. The van der Waals surface area contributed by atoms with Gasteiger partial charge in [0.2, 0.25) is 0 Å². The Balaban J connectivity index is 2.49. The molecule has 0 fully saturated rings. The summed E-state index contributed by atoms with van der Waals surface area (Å²) in [5.74, 6) is -0.0511. The first kappa shape index (κ1) is 12.3. The molecule has 1 aliphatic rings. The first-order chi connectivity index (χ1) is 7.93. The molecule has 1 aromatic rings. The van der Waals surface area contributed by atoms with Crippen LogP contribution in [0.15, 0.2) is 17.0 Å². The van der Waals surface area contributed by atoms with Crippen LogP contribution in [-0.2, 0) is 6.42 Å². The van der Waals surface area contributed by atoms with Gasteiger partial charge in [0, 0.05) is 4.75 Å². The Morgan fingerprint density at radius 1 is 1.53 bits per heavy atom. The molecule has 92 valence electrons. The van der Waals surface area contributed by atoms with Crippen molar-refractivity contribution in [1.29, 1.82) is 0 Å². The summed E-state index contributed by atoms with van der Waals surface area (Å²) in [6, 6.07) is 3.60. The molecule has 4 heteroatoms. The number of hydrogen-bond donors (Lipinski definition) is 1. The van der Waals surface area contributed by atoms with E-state index < -0.39 is 5.97 Å². The minimum Gasteiger partial charge on any atom is -0.491 e. The van der Waals surface area contributed by atoms with Crippen molar-refractivity contribution in [2.24, 2.45) is 0 Å². The summed E-state index contributed by atoms with van der Waals surface area (Å²) in [7, 11) is 0. The standard InChI is InChI=1S/C13H16O3S/c1-4-8-5-10-11(6-9(8)12(14)15)17-13(2,3)7-16-10/h5-6H,4,7H2,1-3H3,(H,14,15). The number of carboxylic acid groups (broad SMARTS) is 1. The van der Waals surface area contributed by atoms with Crippen LogP contribution in [0, 0.1) is 0 Å². The van der Waals surface area contributed by atoms with Gasteiger partial charge in [-0.3, -0.25) is 0 Å². The van der Waals surface area contributed by atoms with Crippen molar-refractivity contribution in [3.8, 4) is 5.75 Å². The van der Waals surface area contributed by atoms with Crippen LogP contribution in [0.5, 0.6) is 5.75 Å². The zero-order valence-corrected chi connectivity index (χ0v) is 11.1. The van der Waals surface area contributed by atoms with E-state index in [-0.39, 0.29) is 4.75 Å². The minimum atomic E-state index is -0.867. The predicted molar refractivity (Wildman–Crippen MR) is 68.2 cm³/mol. The lowest BCUT2D eigenvalue weighted by atomic mass is 10.0. The first-order valence-corrected chi connectivity index (χ1v) is 6.46. The maximum Gasteiger partial charge on any atom is 0.336 e. The molecule has 0 bridgehead atoms. The molecular weight excluding hydrogens is 236 g/mol. The zero-order chi connectivity index (χ0) is 12.6. The number of aryl methyl sites for hydroxylation is 1. The molecule has 0 aromatic heterocycles. The lowest BCUT2D eigenvalue weighted by Gasteiger charge is -2.31. The molecule has 1 aromatic carbocycles. The topological polar surface area (TPSA) is 46.5 Å². The van der Waals surface area contributed by atoms with Gasteiger partial charge in [-0.2, -0.15) is 0 Å². The fraction of sp³-hybridized carbons (Fsp3) is 0.462. The fourth-order valence-corrected chi connectivity index (χ4v) is 2.97. The van der Waals surface area contributed by atoms with Crippen molar-refractivity contribution in [1.82, 2.24) is 0 Å². The lowest BCUT2D eigenvalue weighted by molar-refractivity contribution is 0.0695. The van der Waals surface area contributed by atoms with Gasteiger partial charge in [0.25, 0.3) is 0 Å². The average molecular weight is 252 g/mol. The van der Waals surface area contributed by atoms with Crippen molar-refractivity contribution in [2.75, 3.05) is 6.61 Å². The molecule has 0 saturated carbocycles. The Labute approximate surface area is 105 Å². The van der Waals surface area contributed by atoms with Gasteiger partial charge in [0.05, 0.1) is 10.5 Å². The first-order valence-electron chi connectivity index (χ1n) is 5.65. The maximum atomic E-state index is 11.2. The van der Waals surface area contributed by atoms with Gasteiger partial charge < -0.3 is 9.84 Å². The van der Waals surface area contributed by atoms with E-state index in [1.165, 1.54) is 0 Å². The summed E-state index contributed by atoms with van der Waals surface area (Å²) >= 11 is 1.68. The number of carboxylic acids is 1. The summed E-state index contributed by atoms with van der Waals surface area (Å²) in [5, 5.41) is 9.18. The molecule has 1 N–H and O–H groups in total. The third-order valence-corrected chi connectivity index (χ3v) is 3.95. The molecule has 0 spiro atoms. The number of fused-ring (bicyclic) bond motifs is 1. The van der Waals surface area contributed by atoms with Crippen molar-refractivity contribution in [3.63, 3.8) is 0 Å². The van der Waals surface area contributed by atoms with Gasteiger partial charge in [-0.15, -0.1) is 11.8 Å². The Morgan fingerprint density at radius 3 is 2.82 bits per heavy atom. The third kappa shape index (κ3) is 2.41. The summed E-state index contributed by atoms with van der Waals surface area (Å²) in [5.41, 5.74) is 1.22. The highest BCUT2D eigenvalue weighted by molar-refractivity contribution is 8.00. The molecule has 0 unspecified atom stereocenters. The number of benzene rings is 1. The second kappa shape index (κ2) is 4.26. The van der Waals surface area contributed by atoms with Crippen LogP contribution in [0.4, 0.5) is 0 Å². The Bertz CT molecular complexity index is 466. The highest BCUT2D eigenvalue weighted by Crippen LogP contribution is 2.44. The van der Waals surface area contributed by atoms with E-state index in [1.807, 2.05) is 13.0 Å². The largest absolute Gasteiger partial charge is 0.491 e. The van der Waals surface area contributed by atoms with Crippen molar-refractivity contribution in [2.45, 2.75) is 36.8 Å². The van der Waals surface area contributed by atoms with E-state index in [0.29, 0.717) is 18.6 Å². The van der Waals surface area contributed by atoms with Crippen molar-refractivity contribution < 1.29 is 14.6 Å². The molecule has 1 aliphatic heterocycles. The summed E-state index contributed by atoms with van der Waals surface area (Å²) in [6.07, 6.45) is 0.701. The molecule has 0 atom stereocenters. The van der Waals surface area contributed by atoms with Crippen LogP contribution < -0.4 is 4.74 Å². The van der Waals surface area contributed by atoms with E-state index in [1.54, 1.807) is 17.8 Å². The zero-order valence-electron chi connectivity index (χ0n) is 10.2. The number of aromatic carboxylic acids is 1. The third-order valence-electron chi connectivity index (χ3n) is 2.74. The average Bonchev–Trinajstić information content (AvgIpc) is 2.26. The van der Waals surface area contributed by atoms with Crippen LogP contribution in [0.3, 0.4) is 0 Å². The molecule has 0 radical (unpaired) electrons. The van der Waals surface area contributed by atoms with Crippen molar-refractivity contribution in [3.05, 3.63) is 23.3 Å². The molecular formula is C13H16O3S. The van der Waals surface area contributed by atoms with E-state index in [4.69, 9.17) is 4.74 Å². The summed E-state index contributed by atoms with van der Waals surface area (Å²) in [6.45, 7) is 6.79. The van der Waals surface area contributed by atoms with Gasteiger partial charge >= 0.3 is 5.97 Å². The van der Waals surface area contributed by atoms with Gasteiger partial charge in [-0.25, -0.2) is 4.79 Å². The highest BCUT2D eigenvalue weighted by Gasteiger charge is 2.29. The van der Waals surface area contributed by atoms with Gasteiger partial charge in [-0.05, 0) is 38.0 Å². The highest BCUT2D eigenvalue weighted by atomic mass is 32.2. The number of thioether (sulfide) groups is 1. The van der Waals surface area contributed by atoms with Gasteiger partial charge in [-0.1, -0.05) is 6.92 Å². The number of ether oxygens (including phenoxy) is 1. The second-order valence-electron chi connectivity index (χ2n) is 4.77. The van der Waals surface area contributed by atoms with Gasteiger partial charge in [0.1, 0.15) is 12.4 Å². The molecule has 0 aliphatic carbocycles. The summed E-state index contributed by atoms with van der Waals surface area (Å²) < 4.78 is 5.70. The van der Waals surface area contributed by atoms with E-state index >= 15 is 0 Å². The number of carbonyl (C=O) groups is 1. The normalized spacial score (nSPS) is 17.1. The second-order valence-corrected chi connectivity index (χ2v) is 6.51. The van der Waals surface area contributed by atoms with E-state index in [2.05, 4.69) is 13.8 Å². The number of hydrogen-bond acceptors (Lipinski definition) is 3.